The molecule has 0 aromatic rings. The molecule has 46 valence electrons. The third-order valence-corrected chi connectivity index (χ3v) is 0.814. The van der Waals surface area contributed by atoms with E-state index in [4.69, 9.17) is 9.90 Å². The maximum Gasteiger partial charge on any atom is 0.290 e. The number of aldehydes is 1. The number of hydrogen-bond acceptors (Lipinski definition) is 2. The van der Waals surface area contributed by atoms with Crippen LogP contribution < -0.4 is 0 Å². The third kappa shape index (κ3) is 5.14. The van der Waals surface area contributed by atoms with E-state index >= 15 is 0 Å². The van der Waals surface area contributed by atoms with Gasteiger partial charge in [-0.1, -0.05) is 0 Å². The fourth-order valence-corrected chi connectivity index (χ4v) is 0.232. The van der Waals surface area contributed by atoms with Crippen molar-refractivity contribution in [3.8, 4) is 0 Å². The summed E-state index contributed by atoms with van der Waals surface area (Å²) in [5.41, 5.74) is 0. The van der Waals surface area contributed by atoms with Crippen LogP contribution >= 0.6 is 0 Å². The molecule has 0 aliphatic heterocycles. The minimum atomic E-state index is -0.250. The monoisotopic (exact) mass is 116 g/mol. The Kier molecular flexibility index (Phi) is 3.84. The lowest BCUT2D eigenvalue weighted by atomic mass is 10.5. The average Bonchev–Trinajstić information content (AvgIpc) is 2.48. The molecular formula is C5H8O3. The van der Waals surface area contributed by atoms with Gasteiger partial charge in [-0.3, -0.25) is 4.79 Å². The molecular weight excluding hydrogens is 108 g/mol. The van der Waals surface area contributed by atoms with Crippen LogP contribution in [0.4, 0.5) is 0 Å². The maximum absolute atomic E-state index is 9.57. The van der Waals surface area contributed by atoms with Crippen LogP contribution in [0.1, 0.15) is 12.8 Å². The van der Waals surface area contributed by atoms with Gasteiger partial charge in [0.15, 0.2) is 0 Å². The van der Waals surface area contributed by atoms with Crippen molar-refractivity contribution < 1.29 is 14.7 Å². The molecule has 0 spiro atoms. The van der Waals surface area contributed by atoms with Gasteiger partial charge in [-0.05, 0) is 12.8 Å². The molecule has 0 heterocycles. The summed E-state index contributed by atoms with van der Waals surface area (Å²) in [4.78, 5) is 17.9. The quantitative estimate of drug-likeness (QED) is 0.501. The average molecular weight is 116 g/mol. The highest BCUT2D eigenvalue weighted by atomic mass is 16.3. The molecule has 0 bridgehead atoms. The molecule has 0 atom stereocenters. The van der Waals surface area contributed by atoms with Gasteiger partial charge in [0.1, 0.15) is 6.29 Å². The van der Waals surface area contributed by atoms with Crippen LogP contribution in [0, 0.1) is 5.92 Å². The van der Waals surface area contributed by atoms with Gasteiger partial charge in [0.25, 0.3) is 6.47 Å². The molecule has 1 aliphatic rings. The Morgan fingerprint density at radius 3 is 1.75 bits per heavy atom. The largest absolute Gasteiger partial charge is 0.483 e. The van der Waals surface area contributed by atoms with Crippen LogP contribution in [-0.2, 0) is 9.59 Å². The molecule has 3 nitrogen and oxygen atoms in total. The van der Waals surface area contributed by atoms with E-state index in [2.05, 4.69) is 0 Å². The summed E-state index contributed by atoms with van der Waals surface area (Å²) in [5, 5.41) is 6.89. The Labute approximate surface area is 47.3 Å². The van der Waals surface area contributed by atoms with E-state index in [1.54, 1.807) is 0 Å². The minimum Gasteiger partial charge on any atom is -0.483 e. The summed E-state index contributed by atoms with van der Waals surface area (Å²) >= 11 is 0. The molecule has 0 amide bonds. The lowest BCUT2D eigenvalue weighted by Crippen LogP contribution is -1.66. The van der Waals surface area contributed by atoms with Crippen molar-refractivity contribution in [2.24, 2.45) is 5.92 Å². The van der Waals surface area contributed by atoms with Gasteiger partial charge in [-0.15, -0.1) is 0 Å². The first-order valence-corrected chi connectivity index (χ1v) is 2.38. The topological polar surface area (TPSA) is 54.4 Å². The van der Waals surface area contributed by atoms with Gasteiger partial charge in [-0.2, -0.15) is 0 Å². The van der Waals surface area contributed by atoms with Gasteiger partial charge in [0.05, 0.1) is 0 Å². The molecule has 1 aliphatic carbocycles. The summed E-state index contributed by atoms with van der Waals surface area (Å²) < 4.78 is 0. The number of carbonyl (C=O) groups is 2. The molecule has 1 fully saturated rings. The summed E-state index contributed by atoms with van der Waals surface area (Å²) in [6, 6.07) is 0. The van der Waals surface area contributed by atoms with Crippen molar-refractivity contribution in [1.29, 1.82) is 0 Å². The Morgan fingerprint density at radius 2 is 1.75 bits per heavy atom. The smallest absolute Gasteiger partial charge is 0.290 e. The van der Waals surface area contributed by atoms with Crippen molar-refractivity contribution in [3.05, 3.63) is 0 Å². The van der Waals surface area contributed by atoms with E-state index in [0.29, 0.717) is 5.92 Å². The van der Waals surface area contributed by atoms with E-state index in [0.717, 1.165) is 19.1 Å². The molecule has 1 rings (SSSR count). The number of rotatable bonds is 1. The summed E-state index contributed by atoms with van der Waals surface area (Å²) in [6.07, 6.45) is 3.31. The highest BCUT2D eigenvalue weighted by Gasteiger charge is 2.18. The van der Waals surface area contributed by atoms with Crippen LogP contribution in [0.15, 0.2) is 0 Å². The molecule has 1 saturated carbocycles. The molecule has 0 unspecified atom stereocenters. The minimum absolute atomic E-state index is 0.250. The molecule has 0 aromatic heterocycles. The lowest BCUT2D eigenvalue weighted by Gasteiger charge is -1.56. The van der Waals surface area contributed by atoms with Crippen molar-refractivity contribution >= 4 is 12.8 Å². The second-order valence-electron chi connectivity index (χ2n) is 1.58. The highest BCUT2D eigenvalue weighted by Crippen LogP contribution is 2.25. The second kappa shape index (κ2) is 4.30. The normalized spacial score (nSPS) is 15.5. The van der Waals surface area contributed by atoms with Gasteiger partial charge in [0.2, 0.25) is 0 Å². The highest BCUT2D eigenvalue weighted by molar-refractivity contribution is 5.56. The lowest BCUT2D eigenvalue weighted by molar-refractivity contribution is -0.122. The standard InChI is InChI=1S/C4H6O.CH2O2/c5-3-4-1-2-4;2-1-3/h3-4H,1-2H2;1H,(H,2,3). The molecule has 8 heavy (non-hydrogen) atoms. The van der Waals surface area contributed by atoms with Gasteiger partial charge in [0, 0.05) is 5.92 Å². The van der Waals surface area contributed by atoms with Crippen molar-refractivity contribution in [3.63, 3.8) is 0 Å². The Balaban J connectivity index is 0.000000145. The zero-order valence-corrected chi connectivity index (χ0v) is 4.41. The van der Waals surface area contributed by atoms with Gasteiger partial charge < -0.3 is 9.90 Å². The predicted octanol–water partition coefficient (Wildman–Crippen LogP) is 0.296. The number of carboxylic acid groups (broad SMARTS) is 1. The summed E-state index contributed by atoms with van der Waals surface area (Å²) in [5.74, 6) is 0.454. The fraction of sp³-hybridized carbons (Fsp3) is 0.600. The summed E-state index contributed by atoms with van der Waals surface area (Å²) in [7, 11) is 0. The van der Waals surface area contributed by atoms with Crippen LogP contribution in [0.3, 0.4) is 0 Å². The Bertz CT molecular complexity index is 75.7. The van der Waals surface area contributed by atoms with Crippen molar-refractivity contribution in [1.82, 2.24) is 0 Å². The van der Waals surface area contributed by atoms with Crippen LogP contribution in [0.5, 0.6) is 0 Å². The Morgan fingerprint density at radius 1 is 1.38 bits per heavy atom. The van der Waals surface area contributed by atoms with Crippen molar-refractivity contribution in [2.75, 3.05) is 0 Å². The third-order valence-electron chi connectivity index (χ3n) is 0.814. The number of hydrogen-bond donors (Lipinski definition) is 1. The molecule has 3 heteroatoms. The van der Waals surface area contributed by atoms with Crippen LogP contribution in [0.2, 0.25) is 0 Å². The first kappa shape index (κ1) is 7.14. The van der Waals surface area contributed by atoms with Gasteiger partial charge >= 0.3 is 0 Å². The van der Waals surface area contributed by atoms with E-state index < -0.39 is 0 Å². The maximum atomic E-state index is 9.57. The Hall–Kier alpha value is -0.860. The SMILES string of the molecule is O=CC1CC1.O=CO. The van der Waals surface area contributed by atoms with Crippen LogP contribution in [-0.4, -0.2) is 17.9 Å². The van der Waals surface area contributed by atoms with E-state index in [9.17, 15) is 4.79 Å². The van der Waals surface area contributed by atoms with E-state index in [-0.39, 0.29) is 6.47 Å². The van der Waals surface area contributed by atoms with Crippen molar-refractivity contribution in [2.45, 2.75) is 12.8 Å². The number of carbonyl (C=O) groups excluding carboxylic acids is 1. The van der Waals surface area contributed by atoms with E-state index in [1.807, 2.05) is 0 Å². The zero-order chi connectivity index (χ0) is 6.41. The first-order chi connectivity index (χ1) is 3.85. The van der Waals surface area contributed by atoms with E-state index in [1.165, 1.54) is 0 Å². The predicted molar refractivity (Wildman–Crippen MR) is 27.5 cm³/mol. The zero-order valence-electron chi connectivity index (χ0n) is 4.41. The molecule has 0 aromatic carbocycles. The summed E-state index contributed by atoms with van der Waals surface area (Å²) in [6.45, 7) is -0.250. The molecule has 1 N–H and O–H groups in total. The van der Waals surface area contributed by atoms with Gasteiger partial charge in [-0.25, -0.2) is 0 Å². The van der Waals surface area contributed by atoms with Crippen LogP contribution in [0.25, 0.3) is 0 Å². The second-order valence-corrected chi connectivity index (χ2v) is 1.58. The fourth-order valence-electron chi connectivity index (χ4n) is 0.232. The molecule has 0 radical (unpaired) electrons. The molecule has 0 saturated heterocycles. The first-order valence-electron chi connectivity index (χ1n) is 2.38.